The maximum absolute atomic E-state index is 6.23. The third-order valence-corrected chi connectivity index (χ3v) is 7.44. The molecule has 0 heterocycles. The molecule has 0 fully saturated rings. The lowest BCUT2D eigenvalue weighted by atomic mass is 10.0. The van der Waals surface area contributed by atoms with Gasteiger partial charge in [-0.1, -0.05) is 0 Å². The number of benzene rings is 2. The van der Waals surface area contributed by atoms with Crippen LogP contribution in [0.3, 0.4) is 0 Å². The average Bonchev–Trinajstić information content (AvgIpc) is 3.29. The molecule has 0 unspecified atom stereocenters. The molecule has 0 amide bonds. The van der Waals surface area contributed by atoms with Crippen LogP contribution in [0.2, 0.25) is 0 Å². The van der Waals surface area contributed by atoms with Crippen molar-refractivity contribution in [1.29, 1.82) is 0 Å². The summed E-state index contributed by atoms with van der Waals surface area (Å²) in [5.74, 6) is 2.25. The quantitative estimate of drug-likeness (QED) is 0.290. The van der Waals surface area contributed by atoms with Crippen molar-refractivity contribution < 1.29 is 9.47 Å². The Hall–Kier alpha value is -0.500. The lowest BCUT2D eigenvalue weighted by Gasteiger charge is -2.17. The molecule has 144 valence electrons. The Labute approximate surface area is 189 Å². The van der Waals surface area contributed by atoms with Crippen LogP contribution in [0.5, 0.6) is 11.5 Å². The predicted octanol–water partition coefficient (Wildman–Crippen LogP) is 6.34. The number of hydrogen-bond acceptors (Lipinski definition) is 2. The van der Waals surface area contributed by atoms with Gasteiger partial charge in [-0.05, 0) is 143 Å². The average molecular weight is 588 g/mol. The van der Waals surface area contributed by atoms with Crippen molar-refractivity contribution in [3.63, 3.8) is 0 Å². The Morgan fingerprint density at radius 3 is 1.56 bits per heavy atom. The van der Waals surface area contributed by atoms with Gasteiger partial charge >= 0.3 is 0 Å². The van der Waals surface area contributed by atoms with Crippen molar-refractivity contribution in [1.82, 2.24) is 0 Å². The van der Waals surface area contributed by atoms with Crippen LogP contribution >= 0.6 is 45.2 Å². The molecule has 2 nitrogen and oxygen atoms in total. The minimum atomic E-state index is 0.718. The number of fused-ring (bicyclic) bond motifs is 2. The highest BCUT2D eigenvalue weighted by atomic mass is 127. The number of halogens is 2. The van der Waals surface area contributed by atoms with E-state index >= 15 is 0 Å². The number of hydrogen-bond donors (Lipinski definition) is 0. The first-order chi connectivity index (χ1) is 13.1. The topological polar surface area (TPSA) is 18.5 Å². The van der Waals surface area contributed by atoms with Crippen LogP contribution in [0.1, 0.15) is 52.6 Å². The zero-order valence-electron chi connectivity index (χ0n) is 16.1. The van der Waals surface area contributed by atoms with Crippen molar-refractivity contribution in [3.8, 4) is 11.5 Å². The van der Waals surface area contributed by atoms with Crippen LogP contribution in [0.15, 0.2) is 12.1 Å². The third-order valence-electron chi connectivity index (χ3n) is 5.84. The monoisotopic (exact) mass is 588 g/mol. The first-order valence-corrected chi connectivity index (χ1v) is 12.1. The Morgan fingerprint density at radius 2 is 1.11 bits per heavy atom. The summed E-state index contributed by atoms with van der Waals surface area (Å²) >= 11 is 4.84. The molecule has 2 aromatic rings. The van der Waals surface area contributed by atoms with Crippen molar-refractivity contribution in [2.75, 3.05) is 13.2 Å². The predicted molar refractivity (Wildman–Crippen MR) is 127 cm³/mol. The third kappa shape index (κ3) is 3.98. The minimum absolute atomic E-state index is 0.718. The molecule has 2 aliphatic carbocycles. The van der Waals surface area contributed by atoms with Crippen LogP contribution in [-0.2, 0) is 25.7 Å². The summed E-state index contributed by atoms with van der Waals surface area (Å²) in [5, 5.41) is 0. The molecule has 0 spiro atoms. The van der Waals surface area contributed by atoms with Gasteiger partial charge in [-0.2, -0.15) is 0 Å². The lowest BCUT2D eigenvalue weighted by Crippen LogP contribution is -2.09. The fourth-order valence-corrected chi connectivity index (χ4v) is 6.45. The smallest absolute Gasteiger partial charge is 0.136 e. The molecule has 0 bridgehead atoms. The van der Waals surface area contributed by atoms with Crippen molar-refractivity contribution in [2.24, 2.45) is 0 Å². The van der Waals surface area contributed by atoms with Gasteiger partial charge < -0.3 is 9.47 Å². The molecular weight excluding hydrogens is 562 g/mol. The van der Waals surface area contributed by atoms with E-state index in [4.69, 9.17) is 9.47 Å². The molecule has 0 aromatic heterocycles. The standard InChI is InChI=1S/C23H26I2O2/c1-14-12-20(24)22(18-8-3-6-16(14)18)26-10-5-11-27-23-19-9-4-7-17(19)15(2)13-21(23)25/h12-13H,3-11H2,1-2H3. The normalized spacial score (nSPS) is 15.0. The molecule has 0 saturated carbocycles. The van der Waals surface area contributed by atoms with E-state index in [1.807, 2.05) is 0 Å². The summed E-state index contributed by atoms with van der Waals surface area (Å²) in [6, 6.07) is 4.54. The summed E-state index contributed by atoms with van der Waals surface area (Å²) in [4.78, 5) is 0. The van der Waals surface area contributed by atoms with E-state index in [0.29, 0.717) is 0 Å². The fourth-order valence-electron chi connectivity index (χ4n) is 4.55. The van der Waals surface area contributed by atoms with E-state index in [1.54, 1.807) is 0 Å². The molecule has 0 radical (unpaired) electrons. The summed E-state index contributed by atoms with van der Waals surface area (Å²) in [6.45, 7) is 5.89. The highest BCUT2D eigenvalue weighted by Gasteiger charge is 2.22. The molecule has 0 atom stereocenters. The Bertz CT molecular complexity index is 802. The van der Waals surface area contributed by atoms with E-state index in [9.17, 15) is 0 Å². The number of rotatable bonds is 6. The van der Waals surface area contributed by atoms with Crippen LogP contribution in [0, 0.1) is 21.0 Å². The van der Waals surface area contributed by atoms with Gasteiger partial charge in [0, 0.05) is 6.42 Å². The van der Waals surface area contributed by atoms with Gasteiger partial charge in [0.2, 0.25) is 0 Å². The summed E-state index contributed by atoms with van der Waals surface area (Å²) in [5.41, 5.74) is 8.78. The van der Waals surface area contributed by atoms with Crippen LogP contribution < -0.4 is 9.47 Å². The van der Waals surface area contributed by atoms with Crippen molar-refractivity contribution in [3.05, 3.63) is 52.7 Å². The van der Waals surface area contributed by atoms with Gasteiger partial charge in [-0.3, -0.25) is 0 Å². The highest BCUT2D eigenvalue weighted by Crippen LogP contribution is 2.38. The van der Waals surface area contributed by atoms with Crippen LogP contribution in [0.4, 0.5) is 0 Å². The Balaban J connectivity index is 1.36. The van der Waals surface area contributed by atoms with Crippen molar-refractivity contribution >= 4 is 45.2 Å². The molecule has 2 aliphatic rings. The van der Waals surface area contributed by atoms with Gasteiger partial charge in [0.25, 0.3) is 0 Å². The first kappa shape index (κ1) is 19.8. The van der Waals surface area contributed by atoms with Gasteiger partial charge in [-0.15, -0.1) is 0 Å². The first-order valence-electron chi connectivity index (χ1n) is 9.93. The molecule has 0 aliphatic heterocycles. The Morgan fingerprint density at radius 1 is 0.704 bits per heavy atom. The van der Waals surface area contributed by atoms with E-state index < -0.39 is 0 Å². The molecule has 27 heavy (non-hydrogen) atoms. The second-order valence-corrected chi connectivity index (χ2v) is 10.0. The second kappa shape index (κ2) is 8.47. The SMILES string of the molecule is Cc1cc(I)c(OCCCOc2c(I)cc(C)c3c2CCC3)c2c1CCC2. The van der Waals surface area contributed by atoms with E-state index in [2.05, 4.69) is 71.2 Å². The van der Waals surface area contributed by atoms with E-state index in [1.165, 1.54) is 66.2 Å². The molecule has 0 saturated heterocycles. The molecule has 0 N–H and O–H groups in total. The second-order valence-electron chi connectivity index (χ2n) is 7.68. The molecule has 4 rings (SSSR count). The van der Waals surface area contributed by atoms with Crippen LogP contribution in [-0.4, -0.2) is 13.2 Å². The summed E-state index contributed by atoms with van der Waals surface area (Å²) in [7, 11) is 0. The van der Waals surface area contributed by atoms with Crippen LogP contribution in [0.25, 0.3) is 0 Å². The van der Waals surface area contributed by atoms with Crippen molar-refractivity contribution in [2.45, 2.75) is 58.8 Å². The number of ether oxygens (including phenoxy) is 2. The maximum atomic E-state index is 6.23. The van der Waals surface area contributed by atoms with Gasteiger partial charge in [0.05, 0.1) is 20.4 Å². The van der Waals surface area contributed by atoms with Gasteiger partial charge in [-0.25, -0.2) is 0 Å². The summed E-state index contributed by atoms with van der Waals surface area (Å²) < 4.78 is 14.9. The lowest BCUT2D eigenvalue weighted by molar-refractivity contribution is 0.243. The zero-order chi connectivity index (χ0) is 19.0. The summed E-state index contributed by atoms with van der Waals surface area (Å²) in [6.07, 6.45) is 8.15. The molecular formula is C23H26I2O2. The number of aryl methyl sites for hydroxylation is 2. The van der Waals surface area contributed by atoms with Gasteiger partial charge in [0.1, 0.15) is 11.5 Å². The fraction of sp³-hybridized carbons (Fsp3) is 0.478. The van der Waals surface area contributed by atoms with E-state index in [0.717, 1.165) is 44.0 Å². The molecule has 4 heteroatoms. The maximum Gasteiger partial charge on any atom is 0.136 e. The molecule has 2 aromatic carbocycles. The van der Waals surface area contributed by atoms with E-state index in [-0.39, 0.29) is 0 Å². The van der Waals surface area contributed by atoms with Gasteiger partial charge in [0.15, 0.2) is 0 Å². The Kier molecular flexibility index (Phi) is 6.21. The largest absolute Gasteiger partial charge is 0.492 e. The minimum Gasteiger partial charge on any atom is -0.492 e. The highest BCUT2D eigenvalue weighted by molar-refractivity contribution is 14.1. The zero-order valence-corrected chi connectivity index (χ0v) is 20.4.